The molecule has 1 amide bonds. The van der Waals surface area contributed by atoms with Crippen LogP contribution in [0.2, 0.25) is 0 Å². The lowest BCUT2D eigenvalue weighted by Crippen LogP contribution is -2.42. The molecular weight excluding hydrogens is 525 g/mol. The van der Waals surface area contributed by atoms with Gasteiger partial charge >= 0.3 is 6.18 Å². The van der Waals surface area contributed by atoms with Gasteiger partial charge in [-0.15, -0.1) is 0 Å². The maximum Gasteiger partial charge on any atom is 0.420 e. The largest absolute Gasteiger partial charge is 0.420 e. The third kappa shape index (κ3) is 6.10. The topological polar surface area (TPSA) is 135 Å². The molecule has 204 valence electrons. The Hall–Kier alpha value is -3.59. The summed E-state index contributed by atoms with van der Waals surface area (Å²) in [5, 5.41) is 5.68. The van der Waals surface area contributed by atoms with Crippen molar-refractivity contribution >= 4 is 21.9 Å². The van der Waals surface area contributed by atoms with E-state index in [2.05, 4.69) is 30.6 Å². The van der Waals surface area contributed by atoms with Gasteiger partial charge in [0.2, 0.25) is 16.0 Å². The lowest BCUT2D eigenvalue weighted by atomic mass is 10.1. The van der Waals surface area contributed by atoms with Crippen LogP contribution in [0.1, 0.15) is 41.5 Å². The molecule has 1 saturated heterocycles. The van der Waals surface area contributed by atoms with E-state index < -0.39 is 27.5 Å². The average molecular weight is 553 g/mol. The molecule has 0 aromatic carbocycles. The number of aromatic nitrogens is 5. The monoisotopic (exact) mass is 552 g/mol. The summed E-state index contributed by atoms with van der Waals surface area (Å²) < 4.78 is 67.8. The Balaban J connectivity index is 1.60. The molecule has 15 heteroatoms. The summed E-state index contributed by atoms with van der Waals surface area (Å²) in [5.74, 6) is -0.337. The van der Waals surface area contributed by atoms with Crippen LogP contribution >= 0.6 is 0 Å². The van der Waals surface area contributed by atoms with Gasteiger partial charge in [0, 0.05) is 38.1 Å². The van der Waals surface area contributed by atoms with Gasteiger partial charge in [-0.1, -0.05) is 0 Å². The molecule has 11 nitrogen and oxygen atoms in total. The third-order valence-corrected chi connectivity index (χ3v) is 7.38. The summed E-state index contributed by atoms with van der Waals surface area (Å²) in [4.78, 5) is 28.5. The summed E-state index contributed by atoms with van der Waals surface area (Å²) in [7, 11) is -3.31. The molecule has 0 aliphatic carbocycles. The number of nitrogens with zero attached hydrogens (tertiary/aromatic N) is 6. The molecule has 0 bridgehead atoms. The van der Waals surface area contributed by atoms with Crippen molar-refractivity contribution in [2.45, 2.75) is 38.9 Å². The van der Waals surface area contributed by atoms with Gasteiger partial charge in [0.05, 0.1) is 17.6 Å². The number of sulfonamides is 1. The molecule has 0 spiro atoms. The zero-order valence-electron chi connectivity index (χ0n) is 20.9. The van der Waals surface area contributed by atoms with Crippen molar-refractivity contribution in [1.29, 1.82) is 0 Å². The molecule has 38 heavy (non-hydrogen) atoms. The Morgan fingerprint density at radius 1 is 1.16 bits per heavy atom. The second-order valence-electron chi connectivity index (χ2n) is 8.86. The van der Waals surface area contributed by atoms with Gasteiger partial charge < -0.3 is 15.2 Å². The minimum Gasteiger partial charge on any atom is -0.351 e. The minimum absolute atomic E-state index is 0.00973. The number of hydrogen-bond acceptors (Lipinski definition) is 8. The zero-order chi connectivity index (χ0) is 27.7. The van der Waals surface area contributed by atoms with Gasteiger partial charge in [-0.2, -0.15) is 13.2 Å². The van der Waals surface area contributed by atoms with E-state index in [1.807, 2.05) is 0 Å². The van der Waals surface area contributed by atoms with Crippen molar-refractivity contribution in [3.8, 4) is 17.1 Å². The maximum atomic E-state index is 13.8. The highest BCUT2D eigenvalue weighted by molar-refractivity contribution is 7.88. The highest BCUT2D eigenvalue weighted by Crippen LogP contribution is 2.36. The summed E-state index contributed by atoms with van der Waals surface area (Å²) in [6.45, 7) is 4.50. The first-order valence-electron chi connectivity index (χ1n) is 11.8. The van der Waals surface area contributed by atoms with Crippen molar-refractivity contribution in [2.75, 3.05) is 31.2 Å². The van der Waals surface area contributed by atoms with Crippen LogP contribution in [-0.4, -0.2) is 75.1 Å². The van der Waals surface area contributed by atoms with Crippen LogP contribution in [0.25, 0.3) is 17.1 Å². The average Bonchev–Trinajstić information content (AvgIpc) is 3.33. The van der Waals surface area contributed by atoms with Gasteiger partial charge in [-0.25, -0.2) is 32.7 Å². The van der Waals surface area contributed by atoms with E-state index in [9.17, 15) is 26.4 Å². The second-order valence-corrected chi connectivity index (χ2v) is 10.8. The molecule has 0 unspecified atom stereocenters. The van der Waals surface area contributed by atoms with Crippen LogP contribution < -0.4 is 10.6 Å². The second kappa shape index (κ2) is 10.6. The number of pyridine rings is 1. The molecule has 2 N–H and O–H groups in total. The van der Waals surface area contributed by atoms with E-state index in [-0.39, 0.29) is 29.3 Å². The normalized spacial score (nSPS) is 15.4. The van der Waals surface area contributed by atoms with Crippen molar-refractivity contribution in [3.63, 3.8) is 0 Å². The Morgan fingerprint density at radius 3 is 2.47 bits per heavy atom. The SMILES string of the molecule is CCNC(=O)c1ccc(-n2cnc(-c3nc(NC4CCN(S(C)(=O)=O)CC4)ncc3C(F)(F)F)c2)c(C)n1. The Morgan fingerprint density at radius 2 is 1.87 bits per heavy atom. The molecule has 1 aliphatic rings. The predicted molar refractivity (Wildman–Crippen MR) is 133 cm³/mol. The van der Waals surface area contributed by atoms with E-state index >= 15 is 0 Å². The predicted octanol–water partition coefficient (Wildman–Crippen LogP) is 2.64. The number of nitrogens with one attached hydrogen (secondary N) is 2. The number of alkyl halides is 3. The van der Waals surface area contributed by atoms with Crippen LogP contribution in [-0.2, 0) is 16.2 Å². The van der Waals surface area contributed by atoms with Crippen LogP contribution in [0.4, 0.5) is 19.1 Å². The number of carbonyl (C=O) groups excluding carboxylic acids is 1. The minimum atomic E-state index is -4.72. The molecule has 0 radical (unpaired) electrons. The fourth-order valence-electron chi connectivity index (χ4n) is 4.15. The lowest BCUT2D eigenvalue weighted by Gasteiger charge is -2.30. The smallest absolute Gasteiger partial charge is 0.351 e. The Bertz CT molecular complexity index is 1430. The molecule has 3 aromatic rings. The summed E-state index contributed by atoms with van der Waals surface area (Å²) in [5.41, 5.74) is -0.216. The highest BCUT2D eigenvalue weighted by atomic mass is 32.2. The number of aryl methyl sites for hydroxylation is 1. The fourth-order valence-corrected chi connectivity index (χ4v) is 5.02. The number of hydrogen-bond donors (Lipinski definition) is 2. The zero-order valence-corrected chi connectivity index (χ0v) is 21.8. The van der Waals surface area contributed by atoms with Gasteiger partial charge in [0.15, 0.2) is 0 Å². The van der Waals surface area contributed by atoms with E-state index in [1.54, 1.807) is 19.9 Å². The van der Waals surface area contributed by atoms with Crippen LogP contribution in [0.3, 0.4) is 0 Å². The third-order valence-electron chi connectivity index (χ3n) is 6.08. The molecule has 1 fully saturated rings. The molecular formula is C23H27F3N8O3S. The number of amides is 1. The lowest BCUT2D eigenvalue weighted by molar-refractivity contribution is -0.137. The van der Waals surface area contributed by atoms with Crippen molar-refractivity contribution in [2.24, 2.45) is 0 Å². The molecule has 0 saturated carbocycles. The maximum absolute atomic E-state index is 13.8. The number of carbonyl (C=O) groups is 1. The molecule has 4 rings (SSSR count). The first-order chi connectivity index (χ1) is 17.9. The van der Waals surface area contributed by atoms with Crippen LogP contribution in [0.5, 0.6) is 0 Å². The summed E-state index contributed by atoms with van der Waals surface area (Å²) in [6.07, 6.45) is 0.802. The van der Waals surface area contributed by atoms with Gasteiger partial charge in [-0.05, 0) is 38.8 Å². The Labute approximate surface area is 217 Å². The first kappa shape index (κ1) is 27.4. The van der Waals surface area contributed by atoms with Crippen molar-refractivity contribution < 1.29 is 26.4 Å². The van der Waals surface area contributed by atoms with Crippen LogP contribution in [0.15, 0.2) is 30.9 Å². The first-order valence-corrected chi connectivity index (χ1v) is 13.7. The van der Waals surface area contributed by atoms with E-state index in [4.69, 9.17) is 0 Å². The molecule has 0 atom stereocenters. The van der Waals surface area contributed by atoms with Gasteiger partial charge in [0.1, 0.15) is 29.0 Å². The van der Waals surface area contributed by atoms with Gasteiger partial charge in [0.25, 0.3) is 5.91 Å². The van der Waals surface area contributed by atoms with Gasteiger partial charge in [-0.3, -0.25) is 4.79 Å². The highest BCUT2D eigenvalue weighted by Gasteiger charge is 2.36. The number of anilines is 1. The Kier molecular flexibility index (Phi) is 7.69. The molecule has 4 heterocycles. The number of halogens is 3. The molecule has 3 aromatic heterocycles. The quantitative estimate of drug-likeness (QED) is 0.457. The summed E-state index contributed by atoms with van der Waals surface area (Å²) in [6, 6.07) is 2.96. The van der Waals surface area contributed by atoms with E-state index in [1.165, 1.54) is 27.5 Å². The molecule has 1 aliphatic heterocycles. The van der Waals surface area contributed by atoms with Crippen molar-refractivity contribution in [1.82, 2.24) is 34.1 Å². The standard InChI is InChI=1S/C23H27F3N8O3S/c1-4-27-21(35)17-5-6-19(14(2)30-17)33-12-18(29-13-33)20-16(23(24,25)26)11-28-22(32-20)31-15-7-9-34(10-8-15)38(3,36)37/h5-6,11-13,15H,4,7-10H2,1-3H3,(H,27,35)(H,28,31,32). The van der Waals surface area contributed by atoms with Crippen LogP contribution in [0, 0.1) is 6.92 Å². The van der Waals surface area contributed by atoms with Crippen molar-refractivity contribution in [3.05, 3.63) is 47.8 Å². The number of imidazole rings is 1. The summed E-state index contributed by atoms with van der Waals surface area (Å²) >= 11 is 0. The van der Waals surface area contributed by atoms with E-state index in [0.717, 1.165) is 6.26 Å². The number of piperidine rings is 1. The number of rotatable bonds is 7. The van der Waals surface area contributed by atoms with E-state index in [0.29, 0.717) is 50.1 Å². The fraction of sp³-hybridized carbons (Fsp3) is 0.435.